The van der Waals surface area contributed by atoms with E-state index < -0.39 is 11.9 Å². The molecule has 0 aliphatic heterocycles. The predicted molar refractivity (Wildman–Crippen MR) is 42.4 cm³/mol. The number of halogens is 3. The maximum atomic E-state index is 12.3. The van der Waals surface area contributed by atoms with Gasteiger partial charge in [-0.3, -0.25) is 0 Å². The lowest BCUT2D eigenvalue weighted by atomic mass is 10.3. The van der Waals surface area contributed by atoms with E-state index in [-0.39, 0.29) is 11.3 Å². The first-order valence-corrected chi connectivity index (χ1v) is 3.65. The summed E-state index contributed by atoms with van der Waals surface area (Å²) < 4.78 is 37.7. The number of hydrogen-bond donors (Lipinski definition) is 1. The first kappa shape index (κ1) is 8.79. The SMILES string of the molecule is Nc1cc(C(F)(F)F)nn2ccnc12. The zero-order valence-electron chi connectivity index (χ0n) is 6.78. The molecule has 0 radical (unpaired) electrons. The molecule has 0 aliphatic carbocycles. The normalized spacial score (nSPS) is 12.2. The Balaban J connectivity index is 2.70. The second-order valence-corrected chi connectivity index (χ2v) is 2.68. The molecule has 0 aromatic carbocycles. The predicted octanol–water partition coefficient (Wildman–Crippen LogP) is 1.33. The molecule has 14 heavy (non-hydrogen) atoms. The van der Waals surface area contributed by atoms with Crippen molar-refractivity contribution in [1.29, 1.82) is 0 Å². The monoisotopic (exact) mass is 202 g/mol. The molecule has 2 aromatic heterocycles. The minimum atomic E-state index is -4.49. The molecule has 0 saturated heterocycles. The van der Waals surface area contributed by atoms with Crippen LogP contribution in [0.4, 0.5) is 18.9 Å². The van der Waals surface area contributed by atoms with Gasteiger partial charge in [-0.15, -0.1) is 0 Å². The van der Waals surface area contributed by atoms with E-state index in [1.165, 1.54) is 12.4 Å². The van der Waals surface area contributed by atoms with E-state index in [0.717, 1.165) is 10.6 Å². The summed E-state index contributed by atoms with van der Waals surface area (Å²) in [5.74, 6) is 0. The molecule has 0 saturated carbocycles. The summed E-state index contributed by atoms with van der Waals surface area (Å²) in [6, 6.07) is 0.766. The maximum absolute atomic E-state index is 12.3. The smallest absolute Gasteiger partial charge is 0.396 e. The number of aromatic nitrogens is 3. The van der Waals surface area contributed by atoms with Gasteiger partial charge in [0.25, 0.3) is 0 Å². The van der Waals surface area contributed by atoms with Crippen LogP contribution in [0.5, 0.6) is 0 Å². The van der Waals surface area contributed by atoms with Crippen LogP contribution in [0, 0.1) is 0 Å². The average molecular weight is 202 g/mol. The van der Waals surface area contributed by atoms with Gasteiger partial charge in [0.05, 0.1) is 5.69 Å². The molecule has 4 nitrogen and oxygen atoms in total. The summed E-state index contributed by atoms with van der Waals surface area (Å²) in [6.45, 7) is 0. The second-order valence-electron chi connectivity index (χ2n) is 2.68. The van der Waals surface area contributed by atoms with Gasteiger partial charge in [0.1, 0.15) is 0 Å². The first-order valence-electron chi connectivity index (χ1n) is 3.65. The van der Waals surface area contributed by atoms with E-state index >= 15 is 0 Å². The van der Waals surface area contributed by atoms with Crippen LogP contribution in [0.15, 0.2) is 18.5 Å². The number of hydrogen-bond acceptors (Lipinski definition) is 3. The highest BCUT2D eigenvalue weighted by molar-refractivity contribution is 5.63. The van der Waals surface area contributed by atoms with Gasteiger partial charge >= 0.3 is 6.18 Å². The summed E-state index contributed by atoms with van der Waals surface area (Å²) in [5, 5.41) is 3.32. The lowest BCUT2D eigenvalue weighted by molar-refractivity contribution is -0.141. The van der Waals surface area contributed by atoms with Crippen LogP contribution in [-0.4, -0.2) is 14.6 Å². The molecular formula is C7H5F3N4. The van der Waals surface area contributed by atoms with Crippen LogP contribution in [0.1, 0.15) is 5.69 Å². The minimum Gasteiger partial charge on any atom is -0.396 e. The van der Waals surface area contributed by atoms with Crippen LogP contribution >= 0.6 is 0 Å². The van der Waals surface area contributed by atoms with Gasteiger partial charge in [0, 0.05) is 12.4 Å². The topological polar surface area (TPSA) is 56.2 Å². The molecule has 2 N–H and O–H groups in total. The fourth-order valence-corrected chi connectivity index (χ4v) is 1.08. The van der Waals surface area contributed by atoms with Crippen LogP contribution < -0.4 is 5.73 Å². The van der Waals surface area contributed by atoms with E-state index in [9.17, 15) is 13.2 Å². The molecule has 0 spiro atoms. The Morgan fingerprint density at radius 3 is 2.71 bits per heavy atom. The first-order chi connectivity index (χ1) is 6.48. The Labute approximate surface area is 76.2 Å². The molecule has 2 aromatic rings. The van der Waals surface area contributed by atoms with Crippen molar-refractivity contribution >= 4 is 11.3 Å². The molecule has 0 unspecified atom stereocenters. The molecule has 74 valence electrons. The Bertz CT molecular complexity index is 473. The lowest BCUT2D eigenvalue weighted by Crippen LogP contribution is -2.11. The number of nitrogens with two attached hydrogens (primary N) is 1. The molecule has 2 heterocycles. The highest BCUT2D eigenvalue weighted by Crippen LogP contribution is 2.29. The van der Waals surface area contributed by atoms with E-state index in [0.29, 0.717) is 0 Å². The van der Waals surface area contributed by atoms with Gasteiger partial charge in [-0.1, -0.05) is 0 Å². The van der Waals surface area contributed by atoms with Crippen molar-refractivity contribution in [3.8, 4) is 0 Å². The Morgan fingerprint density at radius 2 is 2.07 bits per heavy atom. The molecule has 0 atom stereocenters. The second kappa shape index (κ2) is 2.60. The van der Waals surface area contributed by atoms with Crippen LogP contribution in [0.2, 0.25) is 0 Å². The zero-order valence-corrected chi connectivity index (χ0v) is 6.78. The van der Waals surface area contributed by atoms with Crippen molar-refractivity contribution in [2.75, 3.05) is 5.73 Å². The molecule has 2 rings (SSSR count). The number of imidazole rings is 1. The quantitative estimate of drug-likeness (QED) is 0.701. The van der Waals surface area contributed by atoms with Crippen LogP contribution in [-0.2, 0) is 6.18 Å². The van der Waals surface area contributed by atoms with Gasteiger partial charge in [-0.05, 0) is 6.07 Å². The van der Waals surface area contributed by atoms with E-state index in [1.807, 2.05) is 0 Å². The van der Waals surface area contributed by atoms with Crippen LogP contribution in [0.25, 0.3) is 5.65 Å². The number of fused-ring (bicyclic) bond motifs is 1. The molecule has 0 bridgehead atoms. The van der Waals surface area contributed by atoms with Gasteiger partial charge < -0.3 is 5.73 Å². The van der Waals surface area contributed by atoms with E-state index in [2.05, 4.69) is 10.1 Å². The van der Waals surface area contributed by atoms with Crippen LogP contribution in [0.3, 0.4) is 0 Å². The number of anilines is 1. The minimum absolute atomic E-state index is 0.0441. The van der Waals surface area contributed by atoms with E-state index in [1.54, 1.807) is 0 Å². The van der Waals surface area contributed by atoms with Gasteiger partial charge in [-0.25, -0.2) is 9.50 Å². The van der Waals surface area contributed by atoms with Crippen molar-refractivity contribution < 1.29 is 13.2 Å². The Hall–Kier alpha value is -1.79. The van der Waals surface area contributed by atoms with Crippen molar-refractivity contribution in [3.63, 3.8) is 0 Å². The van der Waals surface area contributed by atoms with Gasteiger partial charge in [-0.2, -0.15) is 18.3 Å². The van der Waals surface area contributed by atoms with Gasteiger partial charge in [0.2, 0.25) is 0 Å². The average Bonchev–Trinajstić information content (AvgIpc) is 2.50. The molecule has 0 aliphatic rings. The van der Waals surface area contributed by atoms with E-state index in [4.69, 9.17) is 5.73 Å². The maximum Gasteiger partial charge on any atom is 0.435 e. The number of alkyl halides is 3. The Kier molecular flexibility index (Phi) is 1.63. The molecule has 0 amide bonds. The Morgan fingerprint density at radius 1 is 1.36 bits per heavy atom. The van der Waals surface area contributed by atoms with Crippen molar-refractivity contribution in [2.24, 2.45) is 0 Å². The summed E-state index contributed by atoms with van der Waals surface area (Å²) in [4.78, 5) is 3.75. The third-order valence-corrected chi connectivity index (χ3v) is 1.68. The van der Waals surface area contributed by atoms with Crippen molar-refractivity contribution in [3.05, 3.63) is 24.2 Å². The standard InChI is InChI=1S/C7H5F3N4/c8-7(9,10)5-3-4(11)6-12-1-2-14(6)13-5/h1-3H,11H2. The summed E-state index contributed by atoms with van der Waals surface area (Å²) in [7, 11) is 0. The highest BCUT2D eigenvalue weighted by Gasteiger charge is 2.33. The van der Waals surface area contributed by atoms with Crippen molar-refractivity contribution in [1.82, 2.24) is 14.6 Å². The molecular weight excluding hydrogens is 197 g/mol. The third-order valence-electron chi connectivity index (χ3n) is 1.68. The summed E-state index contributed by atoms with van der Waals surface area (Å²) in [5.41, 5.74) is 4.52. The third kappa shape index (κ3) is 1.26. The summed E-state index contributed by atoms with van der Waals surface area (Å²) in [6.07, 6.45) is -1.85. The number of nitrogen functional groups attached to an aromatic ring is 1. The van der Waals surface area contributed by atoms with Gasteiger partial charge in [0.15, 0.2) is 11.3 Å². The highest BCUT2D eigenvalue weighted by atomic mass is 19.4. The number of rotatable bonds is 0. The van der Waals surface area contributed by atoms with Crippen molar-refractivity contribution in [2.45, 2.75) is 6.18 Å². The lowest BCUT2D eigenvalue weighted by Gasteiger charge is -2.06. The largest absolute Gasteiger partial charge is 0.435 e. The molecule has 7 heteroatoms. The molecule has 0 fully saturated rings. The zero-order chi connectivity index (χ0) is 10.3. The number of nitrogens with zero attached hydrogens (tertiary/aromatic N) is 3. The fraction of sp³-hybridized carbons (Fsp3) is 0.143. The fourth-order valence-electron chi connectivity index (χ4n) is 1.08. The summed E-state index contributed by atoms with van der Waals surface area (Å²) >= 11 is 0.